The standard InChI is InChI=1S/C13H17NO2/c1-2-12-11(8-9-16-12)14-13(15)10-6-4-3-5-7-10/h3-7,11-12H,2,8-9H2,1H3,(H,14,15)/t11-,12-/m1/s1. The Balaban J connectivity index is 1.97. The van der Waals surface area contributed by atoms with Gasteiger partial charge in [-0.15, -0.1) is 0 Å². The van der Waals surface area contributed by atoms with Crippen molar-refractivity contribution in [2.24, 2.45) is 0 Å². The Morgan fingerprint density at radius 2 is 2.19 bits per heavy atom. The monoisotopic (exact) mass is 219 g/mol. The third kappa shape index (κ3) is 2.42. The fourth-order valence-corrected chi connectivity index (χ4v) is 2.06. The summed E-state index contributed by atoms with van der Waals surface area (Å²) in [5.41, 5.74) is 0.712. The lowest BCUT2D eigenvalue weighted by Gasteiger charge is -2.18. The number of rotatable bonds is 3. The zero-order valence-electron chi connectivity index (χ0n) is 9.48. The van der Waals surface area contributed by atoms with Crippen LogP contribution in [0.2, 0.25) is 0 Å². The Bertz CT molecular complexity index is 350. The fourth-order valence-electron chi connectivity index (χ4n) is 2.06. The molecule has 0 aliphatic carbocycles. The van der Waals surface area contributed by atoms with Gasteiger partial charge in [0.25, 0.3) is 5.91 Å². The topological polar surface area (TPSA) is 38.3 Å². The first-order valence-electron chi connectivity index (χ1n) is 5.78. The fraction of sp³-hybridized carbons (Fsp3) is 0.462. The van der Waals surface area contributed by atoms with E-state index in [-0.39, 0.29) is 18.1 Å². The van der Waals surface area contributed by atoms with Gasteiger partial charge in [0.05, 0.1) is 12.1 Å². The molecule has 1 aliphatic rings. The van der Waals surface area contributed by atoms with E-state index in [2.05, 4.69) is 12.2 Å². The third-order valence-electron chi connectivity index (χ3n) is 2.96. The number of ether oxygens (including phenoxy) is 1. The van der Waals surface area contributed by atoms with Gasteiger partial charge >= 0.3 is 0 Å². The van der Waals surface area contributed by atoms with Crippen LogP contribution in [0.15, 0.2) is 30.3 Å². The third-order valence-corrected chi connectivity index (χ3v) is 2.96. The number of nitrogens with one attached hydrogen (secondary N) is 1. The second kappa shape index (κ2) is 5.12. The highest BCUT2D eigenvalue weighted by Crippen LogP contribution is 2.16. The van der Waals surface area contributed by atoms with Crippen LogP contribution in [0.4, 0.5) is 0 Å². The molecule has 1 heterocycles. The van der Waals surface area contributed by atoms with Crippen molar-refractivity contribution in [3.8, 4) is 0 Å². The largest absolute Gasteiger partial charge is 0.376 e. The average molecular weight is 219 g/mol. The lowest BCUT2D eigenvalue weighted by molar-refractivity contribution is 0.0809. The molecule has 3 nitrogen and oxygen atoms in total. The molecule has 1 aliphatic heterocycles. The maximum atomic E-state index is 11.9. The molecule has 0 bridgehead atoms. The van der Waals surface area contributed by atoms with Gasteiger partial charge < -0.3 is 10.1 Å². The van der Waals surface area contributed by atoms with E-state index < -0.39 is 0 Å². The summed E-state index contributed by atoms with van der Waals surface area (Å²) in [6.07, 6.45) is 2.03. The van der Waals surface area contributed by atoms with E-state index in [1.165, 1.54) is 0 Å². The molecule has 0 saturated carbocycles. The van der Waals surface area contributed by atoms with Crippen molar-refractivity contribution in [2.45, 2.75) is 31.9 Å². The Hall–Kier alpha value is -1.35. The van der Waals surface area contributed by atoms with Crippen LogP contribution in [0.3, 0.4) is 0 Å². The highest BCUT2D eigenvalue weighted by atomic mass is 16.5. The zero-order chi connectivity index (χ0) is 11.4. The first kappa shape index (κ1) is 11.1. The van der Waals surface area contributed by atoms with Gasteiger partial charge in [0.2, 0.25) is 0 Å². The van der Waals surface area contributed by atoms with E-state index in [0.717, 1.165) is 19.4 Å². The molecule has 0 unspecified atom stereocenters. The minimum atomic E-state index is -0.00505. The summed E-state index contributed by atoms with van der Waals surface area (Å²) in [6, 6.07) is 9.47. The number of carbonyl (C=O) groups excluding carboxylic acids is 1. The predicted molar refractivity (Wildman–Crippen MR) is 62.3 cm³/mol. The lowest BCUT2D eigenvalue weighted by Crippen LogP contribution is -2.40. The molecule has 1 amide bonds. The Morgan fingerprint density at radius 3 is 2.88 bits per heavy atom. The Kier molecular flexibility index (Phi) is 3.57. The van der Waals surface area contributed by atoms with Gasteiger partial charge in [-0.05, 0) is 25.0 Å². The van der Waals surface area contributed by atoms with E-state index in [4.69, 9.17) is 4.74 Å². The summed E-state index contributed by atoms with van der Waals surface area (Å²) in [4.78, 5) is 11.9. The van der Waals surface area contributed by atoms with Crippen molar-refractivity contribution < 1.29 is 9.53 Å². The van der Waals surface area contributed by atoms with E-state index in [1.807, 2.05) is 30.3 Å². The summed E-state index contributed by atoms with van der Waals surface area (Å²) in [5, 5.41) is 3.03. The zero-order valence-corrected chi connectivity index (χ0v) is 9.48. The second-order valence-corrected chi connectivity index (χ2v) is 4.05. The van der Waals surface area contributed by atoms with Gasteiger partial charge in [-0.25, -0.2) is 0 Å². The number of benzene rings is 1. The Morgan fingerprint density at radius 1 is 1.44 bits per heavy atom. The molecule has 2 rings (SSSR count). The maximum Gasteiger partial charge on any atom is 0.251 e. The number of carbonyl (C=O) groups is 1. The van der Waals surface area contributed by atoms with Crippen molar-refractivity contribution >= 4 is 5.91 Å². The van der Waals surface area contributed by atoms with Crippen LogP contribution in [0.5, 0.6) is 0 Å². The maximum absolute atomic E-state index is 11.9. The summed E-state index contributed by atoms with van der Waals surface area (Å²) in [5.74, 6) is -0.00505. The van der Waals surface area contributed by atoms with Crippen molar-refractivity contribution in [3.63, 3.8) is 0 Å². The van der Waals surface area contributed by atoms with Crippen LogP contribution >= 0.6 is 0 Å². The van der Waals surface area contributed by atoms with Gasteiger partial charge in [0.1, 0.15) is 0 Å². The van der Waals surface area contributed by atoms with Gasteiger partial charge in [-0.1, -0.05) is 25.1 Å². The normalized spacial score (nSPS) is 24.3. The Labute approximate surface area is 95.8 Å². The van der Waals surface area contributed by atoms with Crippen LogP contribution in [0.1, 0.15) is 30.1 Å². The van der Waals surface area contributed by atoms with E-state index in [0.29, 0.717) is 5.56 Å². The molecule has 1 aromatic rings. The molecule has 0 aromatic heterocycles. The molecule has 2 atom stereocenters. The molecule has 86 valence electrons. The van der Waals surface area contributed by atoms with Gasteiger partial charge in [-0.3, -0.25) is 4.79 Å². The lowest BCUT2D eigenvalue weighted by atomic mass is 10.1. The van der Waals surface area contributed by atoms with Crippen molar-refractivity contribution in [1.82, 2.24) is 5.32 Å². The summed E-state index contributed by atoms with van der Waals surface area (Å²) >= 11 is 0. The summed E-state index contributed by atoms with van der Waals surface area (Å²) in [7, 11) is 0. The SMILES string of the molecule is CC[C@H]1OCC[C@H]1NC(=O)c1ccccc1. The van der Waals surface area contributed by atoms with Crippen LogP contribution in [0, 0.1) is 0 Å². The first-order chi connectivity index (χ1) is 7.81. The summed E-state index contributed by atoms with van der Waals surface area (Å²) in [6.45, 7) is 2.83. The van der Waals surface area contributed by atoms with Crippen molar-refractivity contribution in [2.75, 3.05) is 6.61 Å². The molecule has 16 heavy (non-hydrogen) atoms. The molecule has 1 N–H and O–H groups in total. The average Bonchev–Trinajstić information content (AvgIpc) is 2.77. The highest BCUT2D eigenvalue weighted by molar-refractivity contribution is 5.94. The van der Waals surface area contributed by atoms with Gasteiger partial charge in [0, 0.05) is 12.2 Å². The van der Waals surface area contributed by atoms with Crippen molar-refractivity contribution in [1.29, 1.82) is 0 Å². The predicted octanol–water partition coefficient (Wildman–Crippen LogP) is 1.98. The molecule has 0 spiro atoms. The molecule has 0 radical (unpaired) electrons. The van der Waals surface area contributed by atoms with E-state index in [9.17, 15) is 4.79 Å². The highest BCUT2D eigenvalue weighted by Gasteiger charge is 2.28. The van der Waals surface area contributed by atoms with Crippen LogP contribution < -0.4 is 5.32 Å². The van der Waals surface area contributed by atoms with E-state index in [1.54, 1.807) is 0 Å². The van der Waals surface area contributed by atoms with Crippen LogP contribution in [-0.4, -0.2) is 24.7 Å². The van der Waals surface area contributed by atoms with Crippen molar-refractivity contribution in [3.05, 3.63) is 35.9 Å². The van der Waals surface area contributed by atoms with Crippen LogP contribution in [-0.2, 0) is 4.74 Å². The molecular formula is C13H17NO2. The minimum absolute atomic E-state index is 0.00505. The van der Waals surface area contributed by atoms with Gasteiger partial charge in [0.15, 0.2) is 0 Å². The molecule has 1 saturated heterocycles. The van der Waals surface area contributed by atoms with E-state index >= 15 is 0 Å². The number of hydrogen-bond acceptors (Lipinski definition) is 2. The minimum Gasteiger partial charge on any atom is -0.376 e. The number of amides is 1. The first-order valence-corrected chi connectivity index (χ1v) is 5.78. The second-order valence-electron chi connectivity index (χ2n) is 4.05. The summed E-state index contributed by atoms with van der Waals surface area (Å²) < 4.78 is 5.54. The molecule has 1 fully saturated rings. The number of hydrogen-bond donors (Lipinski definition) is 1. The molecule has 1 aromatic carbocycles. The quantitative estimate of drug-likeness (QED) is 0.844. The molecular weight excluding hydrogens is 202 g/mol. The smallest absolute Gasteiger partial charge is 0.251 e. The molecule has 3 heteroatoms. The van der Waals surface area contributed by atoms with Gasteiger partial charge in [-0.2, -0.15) is 0 Å². The van der Waals surface area contributed by atoms with Crippen LogP contribution in [0.25, 0.3) is 0 Å².